The Morgan fingerprint density at radius 2 is 2.00 bits per heavy atom. The van der Waals surface area contributed by atoms with E-state index in [0.29, 0.717) is 13.1 Å². The first-order valence-corrected chi connectivity index (χ1v) is 4.52. The first-order chi connectivity index (χ1) is 5.90. The number of amides is 1. The maximum absolute atomic E-state index is 11.5. The lowest BCUT2D eigenvalue weighted by atomic mass is 9.93. The molecule has 1 amide bonds. The molecule has 0 aliphatic carbocycles. The largest absolute Gasteiger partial charge is 0.352 e. The fourth-order valence-corrected chi connectivity index (χ4v) is 0.680. The Bertz CT molecular complexity index is 203. The molecule has 0 aromatic heterocycles. The van der Waals surface area contributed by atoms with Gasteiger partial charge in [-0.15, -0.1) is 0 Å². The monoisotopic (exact) mass is 184 g/mol. The second-order valence-corrected chi connectivity index (χ2v) is 4.08. The van der Waals surface area contributed by atoms with E-state index < -0.39 is 5.41 Å². The van der Waals surface area contributed by atoms with Crippen LogP contribution >= 0.6 is 0 Å². The predicted octanol–water partition coefficient (Wildman–Crippen LogP) is 1.05. The molecule has 0 aliphatic heterocycles. The van der Waals surface area contributed by atoms with Crippen molar-refractivity contribution in [1.29, 1.82) is 0 Å². The van der Waals surface area contributed by atoms with Crippen molar-refractivity contribution in [3.05, 3.63) is 11.6 Å². The number of carbonyl (C=O) groups excluding carboxylic acids is 1. The van der Waals surface area contributed by atoms with Crippen LogP contribution in [-0.2, 0) is 4.79 Å². The summed E-state index contributed by atoms with van der Waals surface area (Å²) in [6.45, 7) is 8.63. The topological polar surface area (TPSA) is 55.1 Å². The third-order valence-electron chi connectivity index (χ3n) is 1.90. The number of allylic oxidation sites excluding steroid dienone is 1. The summed E-state index contributed by atoms with van der Waals surface area (Å²) in [5, 5.41) is 2.81. The zero-order chi connectivity index (χ0) is 10.5. The third kappa shape index (κ3) is 4.68. The van der Waals surface area contributed by atoms with Gasteiger partial charge in [-0.05, 0) is 27.7 Å². The van der Waals surface area contributed by atoms with Gasteiger partial charge in [-0.2, -0.15) is 0 Å². The average molecular weight is 184 g/mol. The van der Waals surface area contributed by atoms with E-state index in [4.69, 9.17) is 5.73 Å². The Hall–Kier alpha value is -0.830. The van der Waals surface area contributed by atoms with E-state index in [-0.39, 0.29) is 5.91 Å². The molecule has 0 saturated carbocycles. The molecule has 0 spiro atoms. The highest BCUT2D eigenvalue weighted by Gasteiger charge is 2.24. The number of hydrogen-bond acceptors (Lipinski definition) is 2. The van der Waals surface area contributed by atoms with Crippen LogP contribution in [0.5, 0.6) is 0 Å². The van der Waals surface area contributed by atoms with Gasteiger partial charge in [0.15, 0.2) is 0 Å². The van der Waals surface area contributed by atoms with Crippen molar-refractivity contribution in [3.63, 3.8) is 0 Å². The van der Waals surface area contributed by atoms with Crippen LogP contribution in [0.2, 0.25) is 0 Å². The van der Waals surface area contributed by atoms with E-state index in [9.17, 15) is 4.79 Å². The van der Waals surface area contributed by atoms with Gasteiger partial charge in [-0.3, -0.25) is 4.79 Å². The van der Waals surface area contributed by atoms with E-state index in [1.807, 2.05) is 33.8 Å². The SMILES string of the molecule is CC(C)=CCNC(=O)C(C)(C)CN. The van der Waals surface area contributed by atoms with Gasteiger partial charge in [0.05, 0.1) is 5.41 Å². The molecular formula is C10H20N2O. The van der Waals surface area contributed by atoms with Crippen LogP contribution in [0, 0.1) is 5.41 Å². The lowest BCUT2D eigenvalue weighted by Crippen LogP contribution is -2.41. The summed E-state index contributed by atoms with van der Waals surface area (Å²) in [5.41, 5.74) is 6.20. The molecule has 0 fully saturated rings. The lowest BCUT2D eigenvalue weighted by Gasteiger charge is -2.20. The summed E-state index contributed by atoms with van der Waals surface area (Å²) < 4.78 is 0. The van der Waals surface area contributed by atoms with Crippen LogP contribution in [0.1, 0.15) is 27.7 Å². The quantitative estimate of drug-likeness (QED) is 0.642. The van der Waals surface area contributed by atoms with Crippen molar-refractivity contribution in [1.82, 2.24) is 5.32 Å². The molecule has 3 heteroatoms. The standard InChI is InChI=1S/C10H20N2O/c1-8(2)5-6-12-9(13)10(3,4)7-11/h5H,6-7,11H2,1-4H3,(H,12,13). The Labute approximate surface area is 80.4 Å². The van der Waals surface area contributed by atoms with E-state index in [1.165, 1.54) is 5.57 Å². The minimum Gasteiger partial charge on any atom is -0.352 e. The molecule has 3 nitrogen and oxygen atoms in total. The van der Waals surface area contributed by atoms with Crippen molar-refractivity contribution in [2.45, 2.75) is 27.7 Å². The van der Waals surface area contributed by atoms with Crippen LogP contribution in [-0.4, -0.2) is 19.0 Å². The molecule has 0 radical (unpaired) electrons. The molecule has 0 aromatic carbocycles. The molecule has 0 saturated heterocycles. The van der Waals surface area contributed by atoms with Crippen molar-refractivity contribution < 1.29 is 4.79 Å². The summed E-state index contributed by atoms with van der Waals surface area (Å²) >= 11 is 0. The molecule has 0 atom stereocenters. The highest BCUT2D eigenvalue weighted by atomic mass is 16.2. The summed E-state index contributed by atoms with van der Waals surface area (Å²) in [5.74, 6) is 0.00694. The summed E-state index contributed by atoms with van der Waals surface area (Å²) in [6.07, 6.45) is 1.98. The van der Waals surface area contributed by atoms with Crippen molar-refractivity contribution in [3.8, 4) is 0 Å². The Balaban J connectivity index is 3.95. The second kappa shape index (κ2) is 5.02. The number of hydrogen-bond donors (Lipinski definition) is 2. The summed E-state index contributed by atoms with van der Waals surface area (Å²) in [7, 11) is 0. The van der Waals surface area contributed by atoms with Crippen molar-refractivity contribution in [2.75, 3.05) is 13.1 Å². The first kappa shape index (κ1) is 12.2. The highest BCUT2D eigenvalue weighted by Crippen LogP contribution is 2.11. The van der Waals surface area contributed by atoms with Gasteiger partial charge in [0.1, 0.15) is 0 Å². The maximum Gasteiger partial charge on any atom is 0.227 e. The zero-order valence-electron chi connectivity index (χ0n) is 8.98. The van der Waals surface area contributed by atoms with E-state index in [2.05, 4.69) is 5.32 Å². The van der Waals surface area contributed by atoms with Gasteiger partial charge in [0.25, 0.3) is 0 Å². The average Bonchev–Trinajstić information content (AvgIpc) is 2.03. The van der Waals surface area contributed by atoms with E-state index in [1.54, 1.807) is 0 Å². The van der Waals surface area contributed by atoms with Crippen LogP contribution in [0.3, 0.4) is 0 Å². The highest BCUT2D eigenvalue weighted by molar-refractivity contribution is 5.82. The Morgan fingerprint density at radius 3 is 2.38 bits per heavy atom. The van der Waals surface area contributed by atoms with Crippen molar-refractivity contribution >= 4 is 5.91 Å². The molecule has 0 rings (SSSR count). The smallest absolute Gasteiger partial charge is 0.227 e. The van der Waals surface area contributed by atoms with Gasteiger partial charge in [0.2, 0.25) is 5.91 Å². The van der Waals surface area contributed by atoms with Crippen LogP contribution in [0.15, 0.2) is 11.6 Å². The summed E-state index contributed by atoms with van der Waals surface area (Å²) in [4.78, 5) is 11.5. The molecule has 3 N–H and O–H groups in total. The normalized spacial score (nSPS) is 10.8. The number of nitrogens with one attached hydrogen (secondary N) is 1. The minimum absolute atomic E-state index is 0.00694. The Morgan fingerprint density at radius 1 is 1.46 bits per heavy atom. The maximum atomic E-state index is 11.5. The number of carbonyl (C=O) groups is 1. The van der Waals surface area contributed by atoms with Crippen molar-refractivity contribution in [2.24, 2.45) is 11.1 Å². The molecule has 0 aliphatic rings. The molecule has 0 heterocycles. The van der Waals surface area contributed by atoms with Crippen LogP contribution in [0.4, 0.5) is 0 Å². The van der Waals surface area contributed by atoms with Gasteiger partial charge in [-0.25, -0.2) is 0 Å². The molecular weight excluding hydrogens is 164 g/mol. The summed E-state index contributed by atoms with van der Waals surface area (Å²) in [6, 6.07) is 0. The van der Waals surface area contributed by atoms with Gasteiger partial charge in [-0.1, -0.05) is 11.6 Å². The van der Waals surface area contributed by atoms with Crippen LogP contribution < -0.4 is 11.1 Å². The van der Waals surface area contributed by atoms with Crippen LogP contribution in [0.25, 0.3) is 0 Å². The second-order valence-electron chi connectivity index (χ2n) is 4.08. The predicted molar refractivity (Wildman–Crippen MR) is 55.3 cm³/mol. The fraction of sp³-hybridized carbons (Fsp3) is 0.700. The number of nitrogens with two attached hydrogens (primary N) is 1. The van der Waals surface area contributed by atoms with Gasteiger partial charge < -0.3 is 11.1 Å². The molecule has 0 unspecified atom stereocenters. The minimum atomic E-state index is -0.463. The molecule has 0 bridgehead atoms. The van der Waals surface area contributed by atoms with Gasteiger partial charge in [0, 0.05) is 13.1 Å². The lowest BCUT2D eigenvalue weighted by molar-refractivity contribution is -0.128. The first-order valence-electron chi connectivity index (χ1n) is 4.52. The number of rotatable bonds is 4. The van der Waals surface area contributed by atoms with E-state index in [0.717, 1.165) is 0 Å². The molecule has 76 valence electrons. The molecule has 0 aromatic rings. The van der Waals surface area contributed by atoms with E-state index >= 15 is 0 Å². The van der Waals surface area contributed by atoms with Gasteiger partial charge >= 0.3 is 0 Å². The fourth-order valence-electron chi connectivity index (χ4n) is 0.680. The zero-order valence-corrected chi connectivity index (χ0v) is 8.98. The Kier molecular flexibility index (Phi) is 4.70. The molecule has 13 heavy (non-hydrogen) atoms. The third-order valence-corrected chi connectivity index (χ3v) is 1.90.